The summed E-state index contributed by atoms with van der Waals surface area (Å²) in [5.41, 5.74) is 0.714. The monoisotopic (exact) mass is 286 g/mol. The minimum absolute atomic E-state index is 0.275. The Bertz CT molecular complexity index is 547. The standard InChI is InChI=1S/C11H18N4O3S/c1-9-12-5-4-10(13-9)11-8-15(6-7-18-11)19(16,17)14(2)3/h4-5,11H,6-8H2,1-3H3/t11-/m1/s1. The third kappa shape index (κ3) is 3.08. The second-order valence-electron chi connectivity index (χ2n) is 4.54. The Balaban J connectivity index is 2.18. The van der Waals surface area contributed by atoms with Gasteiger partial charge in [-0.25, -0.2) is 9.97 Å². The first-order chi connectivity index (χ1) is 8.91. The highest BCUT2D eigenvalue weighted by molar-refractivity contribution is 7.86. The molecule has 0 spiro atoms. The van der Waals surface area contributed by atoms with Crippen LogP contribution in [0.15, 0.2) is 12.3 Å². The molecule has 1 saturated heterocycles. The summed E-state index contributed by atoms with van der Waals surface area (Å²) in [6.07, 6.45) is 1.31. The van der Waals surface area contributed by atoms with Crippen LogP contribution >= 0.6 is 0 Å². The summed E-state index contributed by atoms with van der Waals surface area (Å²) in [4.78, 5) is 8.31. The zero-order chi connectivity index (χ0) is 14.0. The molecule has 1 aliphatic heterocycles. The molecular formula is C11H18N4O3S. The summed E-state index contributed by atoms with van der Waals surface area (Å²) < 4.78 is 32.4. The first-order valence-electron chi connectivity index (χ1n) is 6.00. The van der Waals surface area contributed by atoms with E-state index >= 15 is 0 Å². The van der Waals surface area contributed by atoms with E-state index in [1.54, 1.807) is 19.2 Å². The van der Waals surface area contributed by atoms with Crippen LogP contribution in [0, 0.1) is 6.92 Å². The fraction of sp³-hybridized carbons (Fsp3) is 0.636. The molecule has 0 saturated carbocycles. The van der Waals surface area contributed by atoms with Crippen molar-refractivity contribution < 1.29 is 13.2 Å². The maximum atomic E-state index is 12.1. The summed E-state index contributed by atoms with van der Waals surface area (Å²) in [5, 5.41) is 0. The molecule has 2 heterocycles. The van der Waals surface area contributed by atoms with Gasteiger partial charge < -0.3 is 4.74 Å². The van der Waals surface area contributed by atoms with E-state index in [1.807, 2.05) is 0 Å². The van der Waals surface area contributed by atoms with Crippen molar-refractivity contribution in [3.63, 3.8) is 0 Å². The van der Waals surface area contributed by atoms with Crippen molar-refractivity contribution in [2.75, 3.05) is 33.8 Å². The van der Waals surface area contributed by atoms with Crippen molar-refractivity contribution in [3.05, 3.63) is 23.8 Å². The van der Waals surface area contributed by atoms with E-state index in [0.717, 1.165) is 0 Å². The summed E-state index contributed by atoms with van der Waals surface area (Å²) in [6.45, 7) is 2.79. The largest absolute Gasteiger partial charge is 0.369 e. The highest BCUT2D eigenvalue weighted by Crippen LogP contribution is 2.22. The lowest BCUT2D eigenvalue weighted by Crippen LogP contribution is -2.47. The molecule has 1 fully saturated rings. The first kappa shape index (κ1) is 14.3. The smallest absolute Gasteiger partial charge is 0.281 e. The second-order valence-corrected chi connectivity index (χ2v) is 6.68. The minimum atomic E-state index is -3.41. The number of nitrogens with zero attached hydrogens (tertiary/aromatic N) is 4. The number of aryl methyl sites for hydroxylation is 1. The Kier molecular flexibility index (Phi) is 4.14. The lowest BCUT2D eigenvalue weighted by Gasteiger charge is -2.33. The van der Waals surface area contributed by atoms with Gasteiger partial charge in [-0.3, -0.25) is 0 Å². The average molecular weight is 286 g/mol. The third-order valence-corrected chi connectivity index (χ3v) is 4.85. The van der Waals surface area contributed by atoms with Crippen molar-refractivity contribution in [1.29, 1.82) is 0 Å². The molecule has 106 valence electrons. The molecule has 8 heteroatoms. The van der Waals surface area contributed by atoms with Crippen molar-refractivity contribution >= 4 is 10.2 Å². The topological polar surface area (TPSA) is 75.6 Å². The van der Waals surface area contributed by atoms with Gasteiger partial charge in [-0.1, -0.05) is 0 Å². The van der Waals surface area contributed by atoms with E-state index < -0.39 is 10.2 Å². The normalized spacial score (nSPS) is 21.8. The van der Waals surface area contributed by atoms with E-state index in [9.17, 15) is 8.42 Å². The van der Waals surface area contributed by atoms with E-state index in [1.165, 1.54) is 22.7 Å². The maximum Gasteiger partial charge on any atom is 0.281 e. The summed E-state index contributed by atoms with van der Waals surface area (Å²) in [7, 11) is -0.363. The van der Waals surface area contributed by atoms with E-state index in [0.29, 0.717) is 24.7 Å². The van der Waals surface area contributed by atoms with Crippen LogP contribution in [0.2, 0.25) is 0 Å². The lowest BCUT2D eigenvalue weighted by molar-refractivity contribution is -0.00638. The predicted octanol–water partition coefficient (Wildman–Crippen LogP) is -0.0353. The number of morpholine rings is 1. The molecular weight excluding hydrogens is 268 g/mol. The Morgan fingerprint density at radius 3 is 2.84 bits per heavy atom. The van der Waals surface area contributed by atoms with Crippen molar-refractivity contribution in [3.8, 4) is 0 Å². The van der Waals surface area contributed by atoms with Crippen molar-refractivity contribution in [1.82, 2.24) is 18.6 Å². The average Bonchev–Trinajstić information content (AvgIpc) is 2.38. The highest BCUT2D eigenvalue weighted by Gasteiger charge is 2.32. The van der Waals surface area contributed by atoms with Gasteiger partial charge in [0, 0.05) is 33.4 Å². The van der Waals surface area contributed by atoms with Crippen LogP contribution in [0.5, 0.6) is 0 Å². The van der Waals surface area contributed by atoms with Gasteiger partial charge in [0.05, 0.1) is 12.3 Å². The molecule has 1 aliphatic rings. The van der Waals surface area contributed by atoms with Crippen LogP contribution in [0.25, 0.3) is 0 Å². The van der Waals surface area contributed by atoms with Crippen LogP contribution in [-0.2, 0) is 14.9 Å². The van der Waals surface area contributed by atoms with E-state index in [4.69, 9.17) is 4.74 Å². The van der Waals surface area contributed by atoms with Crippen LogP contribution in [0.1, 0.15) is 17.6 Å². The number of hydrogen-bond donors (Lipinski definition) is 0. The van der Waals surface area contributed by atoms with Gasteiger partial charge in [0.1, 0.15) is 11.9 Å². The Labute approximate surface area is 113 Å². The number of hydrogen-bond acceptors (Lipinski definition) is 5. The molecule has 19 heavy (non-hydrogen) atoms. The van der Waals surface area contributed by atoms with Crippen molar-refractivity contribution in [2.24, 2.45) is 0 Å². The molecule has 0 aliphatic carbocycles. The van der Waals surface area contributed by atoms with E-state index in [-0.39, 0.29) is 12.6 Å². The molecule has 1 aromatic heterocycles. The second kappa shape index (κ2) is 5.49. The van der Waals surface area contributed by atoms with Crippen LogP contribution in [0.4, 0.5) is 0 Å². The van der Waals surface area contributed by atoms with Crippen LogP contribution in [-0.4, -0.2) is 60.8 Å². The van der Waals surface area contributed by atoms with Crippen LogP contribution < -0.4 is 0 Å². The van der Waals surface area contributed by atoms with Gasteiger partial charge >= 0.3 is 0 Å². The van der Waals surface area contributed by atoms with Gasteiger partial charge in [0.25, 0.3) is 10.2 Å². The summed E-state index contributed by atoms with van der Waals surface area (Å²) in [5.74, 6) is 0.647. The molecule has 2 rings (SSSR count). The third-order valence-electron chi connectivity index (χ3n) is 2.94. The maximum absolute atomic E-state index is 12.1. The fourth-order valence-electron chi connectivity index (χ4n) is 1.90. The number of ether oxygens (including phenoxy) is 1. The molecule has 0 aromatic carbocycles. The lowest BCUT2D eigenvalue weighted by atomic mass is 10.2. The molecule has 7 nitrogen and oxygen atoms in total. The van der Waals surface area contributed by atoms with Gasteiger partial charge in [-0.2, -0.15) is 17.0 Å². The van der Waals surface area contributed by atoms with Crippen molar-refractivity contribution in [2.45, 2.75) is 13.0 Å². The van der Waals surface area contributed by atoms with Gasteiger partial charge in [0.2, 0.25) is 0 Å². The summed E-state index contributed by atoms with van der Waals surface area (Å²) in [6, 6.07) is 1.75. The molecule has 0 unspecified atom stereocenters. The minimum Gasteiger partial charge on any atom is -0.369 e. The zero-order valence-electron chi connectivity index (χ0n) is 11.3. The molecule has 1 aromatic rings. The van der Waals surface area contributed by atoms with Gasteiger partial charge in [-0.05, 0) is 13.0 Å². The molecule has 0 amide bonds. The number of aromatic nitrogens is 2. The van der Waals surface area contributed by atoms with Crippen LogP contribution in [0.3, 0.4) is 0 Å². The van der Waals surface area contributed by atoms with Gasteiger partial charge in [0.15, 0.2) is 0 Å². The first-order valence-corrected chi connectivity index (χ1v) is 7.39. The van der Waals surface area contributed by atoms with E-state index in [2.05, 4.69) is 9.97 Å². The zero-order valence-corrected chi connectivity index (χ0v) is 12.1. The molecule has 0 radical (unpaired) electrons. The quantitative estimate of drug-likeness (QED) is 0.779. The summed E-state index contributed by atoms with van der Waals surface area (Å²) >= 11 is 0. The predicted molar refractivity (Wildman–Crippen MR) is 69.6 cm³/mol. The molecule has 0 N–H and O–H groups in total. The number of rotatable bonds is 3. The Morgan fingerprint density at radius 1 is 1.47 bits per heavy atom. The highest BCUT2D eigenvalue weighted by atomic mass is 32.2. The Morgan fingerprint density at radius 2 is 2.21 bits per heavy atom. The van der Waals surface area contributed by atoms with Gasteiger partial charge in [-0.15, -0.1) is 0 Å². The Hall–Kier alpha value is -1.09. The molecule has 0 bridgehead atoms. The molecule has 1 atom stereocenters. The fourth-order valence-corrected chi connectivity index (χ4v) is 2.99. The SMILES string of the molecule is Cc1nccc([C@H]2CN(S(=O)(=O)N(C)C)CCO2)n1.